The first-order valence-electron chi connectivity index (χ1n) is 5.95. The van der Waals surface area contributed by atoms with Crippen molar-refractivity contribution in [3.05, 3.63) is 0 Å². The number of rotatable bonds is 5. The van der Waals surface area contributed by atoms with Gasteiger partial charge in [-0.2, -0.15) is 0 Å². The van der Waals surface area contributed by atoms with Crippen LogP contribution in [0.2, 0.25) is 0 Å². The molecule has 3 heteroatoms. The van der Waals surface area contributed by atoms with Crippen LogP contribution in [-0.2, 0) is 9.47 Å². The standard InChI is InChI=1S/C6H14O2.C4H10.C2H7N/c1-4-7-6(3)8-5-2;1-3-4-2;1-3-2/h6H,4-5H2,1-3H3;3-4H2,1-2H3;3H,1-2H3. The Kier molecular flexibility index (Phi) is 31.9. The number of ether oxygens (including phenoxy) is 2. The molecule has 0 spiro atoms. The van der Waals surface area contributed by atoms with Gasteiger partial charge in [-0.1, -0.05) is 26.7 Å². The molecule has 15 heavy (non-hydrogen) atoms. The normalized spacial score (nSPS) is 8.80. The minimum atomic E-state index is -0.0370. The first-order chi connectivity index (χ1) is 7.14. The number of hydrogen-bond acceptors (Lipinski definition) is 3. The van der Waals surface area contributed by atoms with Gasteiger partial charge >= 0.3 is 0 Å². The van der Waals surface area contributed by atoms with Crippen molar-refractivity contribution in [3.63, 3.8) is 0 Å². The van der Waals surface area contributed by atoms with Gasteiger partial charge in [0.2, 0.25) is 0 Å². The number of unbranched alkanes of at least 4 members (excludes halogenated alkanes) is 1. The summed E-state index contributed by atoms with van der Waals surface area (Å²) >= 11 is 0. The second-order valence-corrected chi connectivity index (χ2v) is 2.98. The molecule has 0 aromatic rings. The van der Waals surface area contributed by atoms with Crippen LogP contribution in [0.15, 0.2) is 0 Å². The van der Waals surface area contributed by atoms with Crippen LogP contribution >= 0.6 is 0 Å². The SMILES string of the molecule is CCCC.CCOC(C)OCC.CNC. The van der Waals surface area contributed by atoms with Crippen LogP contribution in [-0.4, -0.2) is 33.6 Å². The maximum absolute atomic E-state index is 5.06. The van der Waals surface area contributed by atoms with Gasteiger partial charge in [-0.05, 0) is 34.9 Å². The summed E-state index contributed by atoms with van der Waals surface area (Å²) in [6, 6.07) is 0. The van der Waals surface area contributed by atoms with Crippen molar-refractivity contribution in [2.45, 2.75) is 53.8 Å². The molecule has 0 saturated carbocycles. The van der Waals surface area contributed by atoms with Crippen molar-refractivity contribution in [3.8, 4) is 0 Å². The van der Waals surface area contributed by atoms with Gasteiger partial charge in [0.05, 0.1) is 0 Å². The third kappa shape index (κ3) is 41.4. The van der Waals surface area contributed by atoms with Crippen molar-refractivity contribution in [2.24, 2.45) is 0 Å². The van der Waals surface area contributed by atoms with Crippen LogP contribution in [0.5, 0.6) is 0 Å². The van der Waals surface area contributed by atoms with Crippen LogP contribution < -0.4 is 5.32 Å². The second kappa shape index (κ2) is 23.6. The zero-order chi connectivity index (χ0) is 12.5. The van der Waals surface area contributed by atoms with Crippen LogP contribution in [0.3, 0.4) is 0 Å². The van der Waals surface area contributed by atoms with Crippen molar-refractivity contribution in [1.82, 2.24) is 5.32 Å². The Balaban J connectivity index is -0.000000173. The largest absolute Gasteiger partial charge is 0.353 e. The maximum Gasteiger partial charge on any atom is 0.154 e. The van der Waals surface area contributed by atoms with E-state index in [4.69, 9.17) is 9.47 Å². The van der Waals surface area contributed by atoms with Crippen LogP contribution in [0.4, 0.5) is 0 Å². The molecule has 0 heterocycles. The Morgan fingerprint density at radius 3 is 1.27 bits per heavy atom. The fourth-order valence-corrected chi connectivity index (χ4v) is 0.518. The summed E-state index contributed by atoms with van der Waals surface area (Å²) in [4.78, 5) is 0. The number of hydrogen-bond donors (Lipinski definition) is 1. The molecule has 0 aliphatic carbocycles. The number of nitrogens with one attached hydrogen (secondary N) is 1. The molecule has 0 fully saturated rings. The molecule has 0 bridgehead atoms. The van der Waals surface area contributed by atoms with E-state index in [-0.39, 0.29) is 6.29 Å². The van der Waals surface area contributed by atoms with Crippen molar-refractivity contribution in [1.29, 1.82) is 0 Å². The molecule has 0 aromatic heterocycles. The Morgan fingerprint density at radius 1 is 0.867 bits per heavy atom. The van der Waals surface area contributed by atoms with Crippen molar-refractivity contribution < 1.29 is 9.47 Å². The summed E-state index contributed by atoms with van der Waals surface area (Å²) in [5.74, 6) is 0. The molecule has 96 valence electrons. The highest BCUT2D eigenvalue weighted by molar-refractivity contribution is 4.26. The molecule has 3 nitrogen and oxygen atoms in total. The lowest BCUT2D eigenvalue weighted by atomic mass is 10.4. The van der Waals surface area contributed by atoms with Gasteiger partial charge in [-0.3, -0.25) is 0 Å². The Labute approximate surface area is 96.5 Å². The highest BCUT2D eigenvalue weighted by atomic mass is 16.7. The second-order valence-electron chi connectivity index (χ2n) is 2.98. The third-order valence-electron chi connectivity index (χ3n) is 1.30. The molecule has 0 atom stereocenters. The minimum Gasteiger partial charge on any atom is -0.353 e. The topological polar surface area (TPSA) is 30.5 Å². The summed E-state index contributed by atoms with van der Waals surface area (Å²) in [5.41, 5.74) is 0. The van der Waals surface area contributed by atoms with E-state index in [2.05, 4.69) is 19.2 Å². The van der Waals surface area contributed by atoms with Gasteiger partial charge in [0.25, 0.3) is 0 Å². The van der Waals surface area contributed by atoms with E-state index in [1.54, 1.807) is 0 Å². The molecular formula is C12H31NO2. The molecule has 0 aliphatic heterocycles. The zero-order valence-electron chi connectivity index (χ0n) is 11.7. The highest BCUT2D eigenvalue weighted by Crippen LogP contribution is 1.90. The molecule has 0 rings (SSSR count). The van der Waals surface area contributed by atoms with Crippen LogP contribution in [0.25, 0.3) is 0 Å². The lowest BCUT2D eigenvalue weighted by molar-refractivity contribution is -0.123. The molecule has 1 N–H and O–H groups in total. The maximum atomic E-state index is 5.06. The van der Waals surface area contributed by atoms with Gasteiger partial charge in [0.1, 0.15) is 0 Å². The highest BCUT2D eigenvalue weighted by Gasteiger charge is 1.94. The average molecular weight is 221 g/mol. The van der Waals surface area contributed by atoms with Crippen molar-refractivity contribution >= 4 is 0 Å². The van der Waals surface area contributed by atoms with E-state index in [0.717, 1.165) is 13.2 Å². The van der Waals surface area contributed by atoms with Gasteiger partial charge < -0.3 is 14.8 Å². The summed E-state index contributed by atoms with van der Waals surface area (Å²) in [6.45, 7) is 11.6. The van der Waals surface area contributed by atoms with E-state index < -0.39 is 0 Å². The summed E-state index contributed by atoms with van der Waals surface area (Å²) < 4.78 is 10.1. The zero-order valence-corrected chi connectivity index (χ0v) is 11.7. The van der Waals surface area contributed by atoms with E-state index in [1.807, 2.05) is 34.9 Å². The Bertz CT molecular complexity index is 72.0. The fraction of sp³-hybridized carbons (Fsp3) is 1.00. The quantitative estimate of drug-likeness (QED) is 0.724. The first-order valence-corrected chi connectivity index (χ1v) is 5.95. The lowest BCUT2D eigenvalue weighted by Gasteiger charge is -2.09. The molecule has 0 radical (unpaired) electrons. The molecule has 0 unspecified atom stereocenters. The van der Waals surface area contributed by atoms with E-state index in [1.165, 1.54) is 12.8 Å². The molecule has 0 amide bonds. The minimum absolute atomic E-state index is 0.0370. The fourth-order valence-electron chi connectivity index (χ4n) is 0.518. The van der Waals surface area contributed by atoms with Gasteiger partial charge in [-0.15, -0.1) is 0 Å². The Hall–Kier alpha value is -0.120. The van der Waals surface area contributed by atoms with Gasteiger partial charge in [-0.25, -0.2) is 0 Å². The monoisotopic (exact) mass is 221 g/mol. The predicted molar refractivity (Wildman–Crippen MR) is 68.3 cm³/mol. The molecule has 0 aliphatic rings. The summed E-state index contributed by atoms with van der Waals surface area (Å²) in [5, 5.41) is 2.75. The van der Waals surface area contributed by atoms with E-state index >= 15 is 0 Å². The molecule has 0 aromatic carbocycles. The first kappa shape index (κ1) is 20.3. The Morgan fingerprint density at radius 2 is 1.13 bits per heavy atom. The third-order valence-corrected chi connectivity index (χ3v) is 1.30. The van der Waals surface area contributed by atoms with Gasteiger partial charge in [0.15, 0.2) is 6.29 Å². The average Bonchev–Trinajstić information content (AvgIpc) is 2.20. The van der Waals surface area contributed by atoms with E-state index in [0.29, 0.717) is 0 Å². The summed E-state index contributed by atoms with van der Waals surface area (Å²) in [7, 11) is 3.75. The van der Waals surface area contributed by atoms with Crippen LogP contribution in [0.1, 0.15) is 47.5 Å². The lowest BCUT2D eigenvalue weighted by Crippen LogP contribution is -2.11. The molecular weight excluding hydrogens is 190 g/mol. The molecule has 0 saturated heterocycles. The smallest absolute Gasteiger partial charge is 0.154 e. The summed E-state index contributed by atoms with van der Waals surface area (Å²) in [6.07, 6.45) is 2.60. The predicted octanol–water partition coefficient (Wildman–Crippen LogP) is 3.05. The van der Waals surface area contributed by atoms with E-state index in [9.17, 15) is 0 Å². The van der Waals surface area contributed by atoms with Crippen molar-refractivity contribution in [2.75, 3.05) is 27.3 Å². The van der Waals surface area contributed by atoms with Gasteiger partial charge in [0, 0.05) is 13.2 Å². The van der Waals surface area contributed by atoms with Crippen LogP contribution in [0, 0.1) is 0 Å².